The molecule has 0 saturated carbocycles. The van der Waals surface area contributed by atoms with Gasteiger partial charge in [0.15, 0.2) is 5.69 Å². The Balaban J connectivity index is 2.24. The topological polar surface area (TPSA) is 83.8 Å². The molecule has 2 aromatic rings. The number of H-pyrrole nitrogens is 1. The highest BCUT2D eigenvalue weighted by atomic mass is 79.9. The number of carbonyl (C=O) groups excluding carboxylic acids is 1. The van der Waals surface area contributed by atoms with Crippen LogP contribution in [0.4, 0.5) is 11.4 Å². The average molecular weight is 358 g/mol. The van der Waals surface area contributed by atoms with E-state index in [-0.39, 0.29) is 17.5 Å². The van der Waals surface area contributed by atoms with Crippen LogP contribution in [0.25, 0.3) is 0 Å². The van der Waals surface area contributed by atoms with Crippen molar-refractivity contribution in [1.29, 1.82) is 0 Å². The van der Waals surface area contributed by atoms with Crippen LogP contribution in [0.3, 0.4) is 0 Å². The van der Waals surface area contributed by atoms with Crippen molar-refractivity contribution in [3.63, 3.8) is 0 Å². The lowest BCUT2D eigenvalue weighted by Gasteiger charge is -2.07. The van der Waals surface area contributed by atoms with Crippen LogP contribution in [-0.2, 0) is 0 Å². The molecule has 0 aliphatic carbocycles. The molecule has 1 aromatic carbocycles. The first-order valence-electron chi connectivity index (χ1n) is 6.00. The van der Waals surface area contributed by atoms with Gasteiger partial charge in [-0.15, -0.1) is 0 Å². The lowest BCUT2D eigenvalue weighted by molar-refractivity contribution is 0.102. The highest BCUT2D eigenvalue weighted by Gasteiger charge is 2.19. The molecule has 0 aliphatic rings. The molecule has 106 valence electrons. The third-order valence-corrected chi connectivity index (χ3v) is 3.70. The van der Waals surface area contributed by atoms with Crippen molar-refractivity contribution in [2.45, 2.75) is 19.8 Å². The number of hydrogen-bond acceptors (Lipinski definition) is 3. The minimum atomic E-state index is -0.367. The summed E-state index contributed by atoms with van der Waals surface area (Å²) in [7, 11) is 0. The van der Waals surface area contributed by atoms with Crippen molar-refractivity contribution >= 4 is 44.8 Å². The van der Waals surface area contributed by atoms with E-state index in [0.29, 0.717) is 20.9 Å². The summed E-state index contributed by atoms with van der Waals surface area (Å²) in [5.74, 6) is -0.194. The molecule has 0 bridgehead atoms. The van der Waals surface area contributed by atoms with Crippen molar-refractivity contribution in [3.05, 3.63) is 39.1 Å². The number of nitrogens with two attached hydrogens (primary N) is 1. The van der Waals surface area contributed by atoms with Crippen LogP contribution in [0.2, 0.25) is 5.02 Å². The maximum absolute atomic E-state index is 12.2. The minimum absolute atomic E-state index is 0.173. The van der Waals surface area contributed by atoms with E-state index in [1.807, 2.05) is 13.8 Å². The van der Waals surface area contributed by atoms with Gasteiger partial charge in [-0.2, -0.15) is 5.10 Å². The van der Waals surface area contributed by atoms with Crippen molar-refractivity contribution in [2.24, 2.45) is 0 Å². The van der Waals surface area contributed by atoms with Gasteiger partial charge in [0.2, 0.25) is 0 Å². The SMILES string of the molecule is CC(C)c1[nH]nc(C(=O)Nc2ccc(Cl)cc2Br)c1N. The standard InChI is InChI=1S/C13H14BrClN4O/c1-6(2)11-10(16)12(19-18-11)13(20)17-9-4-3-7(15)5-8(9)14/h3-6H,16H2,1-2H3,(H,17,20)(H,18,19). The molecule has 0 saturated heterocycles. The van der Waals surface area contributed by atoms with Crippen molar-refractivity contribution in [3.8, 4) is 0 Å². The summed E-state index contributed by atoms with van der Waals surface area (Å²) in [5.41, 5.74) is 7.86. The molecule has 0 radical (unpaired) electrons. The lowest BCUT2D eigenvalue weighted by Crippen LogP contribution is -2.14. The number of nitrogen functional groups attached to an aromatic ring is 1. The predicted octanol–water partition coefficient (Wildman–Crippen LogP) is 3.78. The van der Waals surface area contributed by atoms with E-state index in [9.17, 15) is 4.79 Å². The largest absolute Gasteiger partial charge is 0.395 e. The Hall–Kier alpha value is -1.53. The van der Waals surface area contributed by atoms with E-state index in [1.165, 1.54) is 0 Å². The summed E-state index contributed by atoms with van der Waals surface area (Å²) in [6, 6.07) is 5.09. The quantitative estimate of drug-likeness (QED) is 0.781. The van der Waals surface area contributed by atoms with Gasteiger partial charge in [0, 0.05) is 9.50 Å². The van der Waals surface area contributed by atoms with Crippen LogP contribution in [0.5, 0.6) is 0 Å². The summed E-state index contributed by atoms with van der Waals surface area (Å²) in [6.45, 7) is 3.95. The van der Waals surface area contributed by atoms with E-state index in [1.54, 1.807) is 18.2 Å². The second-order valence-corrected chi connectivity index (χ2v) is 5.92. The zero-order valence-corrected chi connectivity index (χ0v) is 13.3. The number of benzene rings is 1. The maximum Gasteiger partial charge on any atom is 0.278 e. The van der Waals surface area contributed by atoms with Crippen LogP contribution in [0.15, 0.2) is 22.7 Å². The van der Waals surface area contributed by atoms with E-state index < -0.39 is 0 Å². The van der Waals surface area contributed by atoms with Crippen LogP contribution in [0, 0.1) is 0 Å². The van der Waals surface area contributed by atoms with Crippen molar-refractivity contribution in [2.75, 3.05) is 11.1 Å². The number of halogens is 2. The number of amides is 1. The Morgan fingerprint density at radius 2 is 2.20 bits per heavy atom. The van der Waals surface area contributed by atoms with E-state index in [0.717, 1.165) is 5.69 Å². The van der Waals surface area contributed by atoms with E-state index in [2.05, 4.69) is 31.4 Å². The highest BCUT2D eigenvalue weighted by Crippen LogP contribution is 2.27. The normalized spacial score (nSPS) is 10.8. The molecule has 0 fully saturated rings. The number of nitrogens with one attached hydrogen (secondary N) is 2. The van der Waals surface area contributed by atoms with Gasteiger partial charge in [0.1, 0.15) is 0 Å². The van der Waals surface area contributed by atoms with Gasteiger partial charge in [-0.1, -0.05) is 25.4 Å². The number of aromatic amines is 1. The minimum Gasteiger partial charge on any atom is -0.395 e. The molecule has 1 heterocycles. The second-order valence-electron chi connectivity index (χ2n) is 4.63. The zero-order valence-electron chi connectivity index (χ0n) is 11.0. The molecule has 0 atom stereocenters. The Morgan fingerprint density at radius 3 is 2.75 bits per heavy atom. The number of rotatable bonds is 3. The molecule has 20 heavy (non-hydrogen) atoms. The number of carbonyl (C=O) groups is 1. The first-order chi connectivity index (χ1) is 9.40. The number of hydrogen-bond donors (Lipinski definition) is 3. The smallest absolute Gasteiger partial charge is 0.278 e. The van der Waals surface area contributed by atoms with Gasteiger partial charge < -0.3 is 11.1 Å². The van der Waals surface area contributed by atoms with Gasteiger partial charge >= 0.3 is 0 Å². The monoisotopic (exact) mass is 356 g/mol. The van der Waals surface area contributed by atoms with Gasteiger partial charge in [-0.05, 0) is 40.0 Å². The summed E-state index contributed by atoms with van der Waals surface area (Å²) in [4.78, 5) is 12.2. The molecular formula is C13H14BrClN4O. The zero-order chi connectivity index (χ0) is 14.9. The highest BCUT2D eigenvalue weighted by molar-refractivity contribution is 9.10. The second kappa shape index (κ2) is 5.85. The third-order valence-electron chi connectivity index (χ3n) is 2.81. The van der Waals surface area contributed by atoms with Crippen molar-refractivity contribution < 1.29 is 4.79 Å². The van der Waals surface area contributed by atoms with Gasteiger partial charge in [-0.3, -0.25) is 9.89 Å². The summed E-state index contributed by atoms with van der Waals surface area (Å²) in [6.07, 6.45) is 0. The molecule has 0 aliphatic heterocycles. The molecular weight excluding hydrogens is 344 g/mol. The van der Waals surface area contributed by atoms with Crippen LogP contribution in [-0.4, -0.2) is 16.1 Å². The molecule has 5 nitrogen and oxygen atoms in total. The van der Waals surface area contributed by atoms with Gasteiger partial charge in [0.25, 0.3) is 5.91 Å². The van der Waals surface area contributed by atoms with Crippen LogP contribution in [0.1, 0.15) is 35.9 Å². The fourth-order valence-electron chi connectivity index (χ4n) is 1.75. The Kier molecular flexibility index (Phi) is 4.35. The molecule has 1 amide bonds. The summed E-state index contributed by atoms with van der Waals surface area (Å²) < 4.78 is 0.691. The lowest BCUT2D eigenvalue weighted by atomic mass is 10.1. The molecule has 1 aromatic heterocycles. The fourth-order valence-corrected chi connectivity index (χ4v) is 2.53. The third kappa shape index (κ3) is 2.96. The Labute approximate surface area is 130 Å². The van der Waals surface area contributed by atoms with E-state index >= 15 is 0 Å². The Bertz CT molecular complexity index is 654. The van der Waals surface area contributed by atoms with E-state index in [4.69, 9.17) is 17.3 Å². The predicted molar refractivity (Wildman–Crippen MR) is 84.2 cm³/mol. The Morgan fingerprint density at radius 1 is 1.50 bits per heavy atom. The maximum atomic E-state index is 12.2. The molecule has 7 heteroatoms. The first-order valence-corrected chi connectivity index (χ1v) is 7.17. The van der Waals surface area contributed by atoms with Gasteiger partial charge in [0.05, 0.1) is 17.1 Å². The molecule has 0 spiro atoms. The molecule has 0 unspecified atom stereocenters. The fraction of sp³-hybridized carbons (Fsp3) is 0.231. The molecule has 4 N–H and O–H groups in total. The number of nitrogens with zero attached hydrogens (tertiary/aromatic N) is 1. The van der Waals surface area contributed by atoms with Gasteiger partial charge in [-0.25, -0.2) is 0 Å². The molecule has 2 rings (SSSR count). The summed E-state index contributed by atoms with van der Waals surface area (Å²) >= 11 is 9.19. The summed E-state index contributed by atoms with van der Waals surface area (Å²) in [5, 5.41) is 10.1. The average Bonchev–Trinajstić information content (AvgIpc) is 2.74. The van der Waals surface area contributed by atoms with Crippen LogP contribution >= 0.6 is 27.5 Å². The van der Waals surface area contributed by atoms with Crippen molar-refractivity contribution in [1.82, 2.24) is 10.2 Å². The number of aromatic nitrogens is 2. The number of anilines is 2. The van der Waals surface area contributed by atoms with Crippen LogP contribution < -0.4 is 11.1 Å². The first kappa shape index (κ1) is 14.9.